The summed E-state index contributed by atoms with van der Waals surface area (Å²) in [6, 6.07) is 64.6. The average Bonchev–Trinajstić information content (AvgIpc) is 4.08. The SMILES string of the molecule is CC(C)(C)c1nc(-c2ccccc2)nc(-c2cccc3c4ccccc4n(-c4cccc(CC(C)(C)c5nc(-c6cccc7c6sc6ccccc67)nc(-c6cccc7c6sc6ccccc67)n5)c4)c23)n1. The van der Waals surface area contributed by atoms with Gasteiger partial charge in [-0.3, -0.25) is 0 Å². The van der Waals surface area contributed by atoms with Crippen molar-refractivity contribution in [1.82, 2.24) is 34.5 Å². The Morgan fingerprint density at radius 2 is 0.901 bits per heavy atom. The highest BCUT2D eigenvalue weighted by Crippen LogP contribution is 2.43. The van der Waals surface area contributed by atoms with Gasteiger partial charge < -0.3 is 4.57 Å². The van der Waals surface area contributed by atoms with Crippen LogP contribution in [0.4, 0.5) is 0 Å². The maximum Gasteiger partial charge on any atom is 0.165 e. The normalized spacial score (nSPS) is 12.4. The van der Waals surface area contributed by atoms with Gasteiger partial charge in [0.2, 0.25) is 0 Å². The first kappa shape index (κ1) is 43.1. The summed E-state index contributed by atoms with van der Waals surface area (Å²) in [6.07, 6.45) is 0.677. The largest absolute Gasteiger partial charge is 0.308 e. The van der Waals surface area contributed by atoms with Crippen molar-refractivity contribution in [1.29, 1.82) is 0 Å². The highest BCUT2D eigenvalue weighted by molar-refractivity contribution is 7.26. The minimum Gasteiger partial charge on any atom is -0.308 e. The Morgan fingerprint density at radius 3 is 1.55 bits per heavy atom. The van der Waals surface area contributed by atoms with Gasteiger partial charge in [0.1, 0.15) is 11.6 Å². The summed E-state index contributed by atoms with van der Waals surface area (Å²) in [5.74, 6) is 4.17. The molecule has 0 saturated heterocycles. The predicted octanol–water partition coefficient (Wildman–Crippen LogP) is 16.4. The second kappa shape index (κ2) is 16.6. The number of hydrogen-bond acceptors (Lipinski definition) is 8. The molecule has 71 heavy (non-hydrogen) atoms. The molecule has 0 aliphatic heterocycles. The van der Waals surface area contributed by atoms with Crippen molar-refractivity contribution in [3.63, 3.8) is 0 Å². The summed E-state index contributed by atoms with van der Waals surface area (Å²) >= 11 is 3.59. The lowest BCUT2D eigenvalue weighted by molar-refractivity contribution is 0.486. The Hall–Kier alpha value is -7.98. The van der Waals surface area contributed by atoms with Crippen LogP contribution in [-0.4, -0.2) is 34.5 Å². The molecule has 0 aliphatic rings. The fraction of sp³-hybridized carbons (Fsp3) is 0.129. The number of nitrogens with zero attached hydrogens (tertiary/aromatic N) is 7. The summed E-state index contributed by atoms with van der Waals surface area (Å²) in [5, 5.41) is 7.21. The lowest BCUT2D eigenvalue weighted by atomic mass is 9.84. The number of aromatic nitrogens is 7. The number of benzene rings is 8. The molecule has 13 rings (SSSR count). The third-order valence-corrected chi connectivity index (χ3v) is 16.1. The molecule has 7 nitrogen and oxygen atoms in total. The van der Waals surface area contributed by atoms with Crippen molar-refractivity contribution in [2.75, 3.05) is 0 Å². The van der Waals surface area contributed by atoms with Gasteiger partial charge in [-0.1, -0.05) is 168 Å². The van der Waals surface area contributed by atoms with Gasteiger partial charge in [0.15, 0.2) is 23.3 Å². The first-order chi connectivity index (χ1) is 34.6. The van der Waals surface area contributed by atoms with Crippen LogP contribution >= 0.6 is 22.7 Å². The van der Waals surface area contributed by atoms with E-state index in [4.69, 9.17) is 29.9 Å². The van der Waals surface area contributed by atoms with Crippen LogP contribution in [-0.2, 0) is 17.3 Å². The molecule has 9 heteroatoms. The zero-order valence-corrected chi connectivity index (χ0v) is 41.6. The zero-order valence-electron chi connectivity index (χ0n) is 40.0. The van der Waals surface area contributed by atoms with Gasteiger partial charge in [-0.15, -0.1) is 22.7 Å². The molecule has 0 aliphatic carbocycles. The Balaban J connectivity index is 0.963. The monoisotopic (exact) mass is 953 g/mol. The predicted molar refractivity (Wildman–Crippen MR) is 297 cm³/mol. The van der Waals surface area contributed by atoms with Crippen LogP contribution in [0.3, 0.4) is 0 Å². The van der Waals surface area contributed by atoms with Crippen LogP contribution in [0.1, 0.15) is 51.8 Å². The van der Waals surface area contributed by atoms with E-state index in [0.717, 1.165) is 61.4 Å². The minimum absolute atomic E-state index is 0.305. The fourth-order valence-electron chi connectivity index (χ4n) is 10.2. The standard InChI is InChI=1S/C62H47N7S2/c1-61(2,3)59-65-55(38-20-7-6-8-21-38)63-56(66-59)46-29-16-26-43-40-23-9-12-32-49(40)69(52(43)46)39-22-15-19-37(35-39)36-62(4,5)60-67-57(47-30-17-27-44-41-24-10-13-33-50(41)70-53(44)47)64-58(68-60)48-31-18-28-45-42-25-11-14-34-51(42)71-54(45)48/h6-35H,36H2,1-5H3. The third kappa shape index (κ3) is 7.38. The summed E-state index contributed by atoms with van der Waals surface area (Å²) in [4.78, 5) is 31.7. The van der Waals surface area contributed by atoms with E-state index in [9.17, 15) is 0 Å². The molecule has 0 saturated carbocycles. The van der Waals surface area contributed by atoms with Gasteiger partial charge in [-0.2, -0.15) is 0 Å². The molecule has 0 amide bonds. The molecular formula is C62H47N7S2. The van der Waals surface area contributed by atoms with Gasteiger partial charge in [-0.05, 0) is 60.5 Å². The molecule has 8 aromatic carbocycles. The number of thiophene rings is 2. The second-order valence-corrected chi connectivity index (χ2v) is 22.2. The van der Waals surface area contributed by atoms with E-state index >= 15 is 0 Å². The summed E-state index contributed by atoms with van der Waals surface area (Å²) < 4.78 is 7.23. The summed E-state index contributed by atoms with van der Waals surface area (Å²) in [5.41, 5.74) is 7.49. The number of fused-ring (bicyclic) bond motifs is 9. The third-order valence-electron chi connectivity index (χ3n) is 13.6. The van der Waals surface area contributed by atoms with Gasteiger partial charge >= 0.3 is 0 Å². The molecule has 0 fully saturated rings. The Kier molecular flexibility index (Phi) is 10.1. The van der Waals surface area contributed by atoms with E-state index in [1.165, 1.54) is 45.9 Å². The lowest BCUT2D eigenvalue weighted by Crippen LogP contribution is -2.25. The second-order valence-electron chi connectivity index (χ2n) is 20.1. The van der Waals surface area contributed by atoms with E-state index in [-0.39, 0.29) is 5.41 Å². The Morgan fingerprint density at radius 1 is 0.408 bits per heavy atom. The van der Waals surface area contributed by atoms with E-state index in [0.29, 0.717) is 29.7 Å². The van der Waals surface area contributed by atoms with Gasteiger partial charge in [-0.25, -0.2) is 29.9 Å². The quantitative estimate of drug-likeness (QED) is 0.151. The molecule has 0 N–H and O–H groups in total. The van der Waals surface area contributed by atoms with Crippen molar-refractivity contribution in [2.24, 2.45) is 0 Å². The van der Waals surface area contributed by atoms with E-state index in [2.05, 4.69) is 203 Å². The smallest absolute Gasteiger partial charge is 0.165 e. The maximum atomic E-state index is 5.46. The minimum atomic E-state index is -0.513. The molecule has 13 aromatic rings. The summed E-state index contributed by atoms with van der Waals surface area (Å²) in [6.45, 7) is 11.0. The van der Waals surface area contributed by atoms with Crippen LogP contribution in [0, 0.1) is 0 Å². The fourth-order valence-corrected chi connectivity index (χ4v) is 12.6. The van der Waals surface area contributed by atoms with Crippen LogP contribution in [0.5, 0.6) is 0 Å². The molecule has 5 heterocycles. The number of rotatable bonds is 8. The van der Waals surface area contributed by atoms with Crippen molar-refractivity contribution in [2.45, 2.75) is 51.9 Å². The van der Waals surface area contributed by atoms with Crippen LogP contribution < -0.4 is 0 Å². The molecular weight excluding hydrogens is 907 g/mol. The van der Waals surface area contributed by atoms with Crippen molar-refractivity contribution < 1.29 is 0 Å². The van der Waals surface area contributed by atoms with Crippen LogP contribution in [0.2, 0.25) is 0 Å². The highest BCUT2D eigenvalue weighted by atomic mass is 32.1. The van der Waals surface area contributed by atoms with Gasteiger partial charge in [0, 0.05) is 89.9 Å². The van der Waals surface area contributed by atoms with Crippen molar-refractivity contribution in [3.8, 4) is 51.2 Å². The maximum absolute atomic E-state index is 5.46. The molecule has 342 valence electrons. The zero-order chi connectivity index (χ0) is 48.0. The van der Waals surface area contributed by atoms with E-state index in [1.807, 2.05) is 18.2 Å². The van der Waals surface area contributed by atoms with Gasteiger partial charge in [0.05, 0.1) is 11.0 Å². The molecule has 0 unspecified atom stereocenters. The number of para-hydroxylation sites is 2. The van der Waals surface area contributed by atoms with E-state index < -0.39 is 5.41 Å². The van der Waals surface area contributed by atoms with Crippen molar-refractivity contribution in [3.05, 3.63) is 199 Å². The first-order valence-corrected chi connectivity index (χ1v) is 25.7. The van der Waals surface area contributed by atoms with Crippen LogP contribution in [0.25, 0.3) is 113 Å². The molecule has 0 atom stereocenters. The van der Waals surface area contributed by atoms with Crippen molar-refractivity contribution >= 4 is 84.8 Å². The summed E-state index contributed by atoms with van der Waals surface area (Å²) in [7, 11) is 0. The molecule has 0 spiro atoms. The molecule has 5 aromatic heterocycles. The molecule has 0 radical (unpaired) electrons. The Labute approximate surface area is 419 Å². The van der Waals surface area contributed by atoms with Gasteiger partial charge in [0.25, 0.3) is 0 Å². The average molecular weight is 954 g/mol. The molecule has 0 bridgehead atoms. The topological polar surface area (TPSA) is 82.3 Å². The first-order valence-electron chi connectivity index (χ1n) is 24.1. The highest BCUT2D eigenvalue weighted by Gasteiger charge is 2.29. The van der Waals surface area contributed by atoms with Crippen LogP contribution in [0.15, 0.2) is 182 Å². The number of hydrogen-bond donors (Lipinski definition) is 0. The van der Waals surface area contributed by atoms with E-state index in [1.54, 1.807) is 22.7 Å². The lowest BCUT2D eigenvalue weighted by Gasteiger charge is -2.25. The Bertz CT molecular complexity index is 4100.